The second-order valence-corrected chi connectivity index (χ2v) is 5.96. The fourth-order valence-electron chi connectivity index (χ4n) is 2.04. The molecule has 1 saturated carbocycles. The molecule has 1 unspecified atom stereocenters. The first kappa shape index (κ1) is 16.5. The summed E-state index contributed by atoms with van der Waals surface area (Å²) >= 11 is 0. The van der Waals surface area contributed by atoms with E-state index in [1.54, 1.807) is 18.2 Å². The van der Waals surface area contributed by atoms with Crippen LogP contribution >= 0.6 is 0 Å². The maximum atomic E-state index is 12.2. The molecule has 0 amide bonds. The monoisotopic (exact) mass is 311 g/mol. The van der Waals surface area contributed by atoms with Crippen LogP contribution in [0.25, 0.3) is 0 Å². The van der Waals surface area contributed by atoms with Gasteiger partial charge in [-0.05, 0) is 43.9 Å². The standard InChI is InChI=1S/C16H22FNO4/c1-16(18,15(19)20)9-12-8-13(21-7-6-17)4-5-14(12)22-10-11-2-3-11/h4-5,8,11H,2-3,6-7,9-10,18H2,1H3,(H,19,20). The second kappa shape index (κ2) is 6.96. The first-order valence-corrected chi connectivity index (χ1v) is 7.39. The summed E-state index contributed by atoms with van der Waals surface area (Å²) in [6, 6.07) is 5.09. The molecule has 1 aliphatic carbocycles. The van der Waals surface area contributed by atoms with E-state index in [1.165, 1.54) is 6.92 Å². The number of nitrogens with two attached hydrogens (primary N) is 1. The Kier molecular flexibility index (Phi) is 5.24. The van der Waals surface area contributed by atoms with E-state index in [4.69, 9.17) is 15.2 Å². The van der Waals surface area contributed by atoms with Gasteiger partial charge < -0.3 is 20.3 Å². The molecule has 0 saturated heterocycles. The molecule has 3 N–H and O–H groups in total. The molecule has 5 nitrogen and oxygen atoms in total. The zero-order valence-electron chi connectivity index (χ0n) is 12.7. The molecule has 1 aromatic carbocycles. The average Bonchev–Trinajstić information content (AvgIpc) is 3.27. The first-order chi connectivity index (χ1) is 10.4. The number of hydrogen-bond acceptors (Lipinski definition) is 4. The normalized spacial score (nSPS) is 16.9. The molecule has 2 rings (SSSR count). The summed E-state index contributed by atoms with van der Waals surface area (Å²) in [6.07, 6.45) is 2.43. The topological polar surface area (TPSA) is 81.8 Å². The van der Waals surface area contributed by atoms with Crippen LogP contribution in [-0.2, 0) is 11.2 Å². The van der Waals surface area contributed by atoms with E-state index in [2.05, 4.69) is 0 Å². The quantitative estimate of drug-likeness (QED) is 0.730. The van der Waals surface area contributed by atoms with E-state index in [1.807, 2.05) is 0 Å². The van der Waals surface area contributed by atoms with Crippen LogP contribution < -0.4 is 15.2 Å². The highest BCUT2D eigenvalue weighted by Crippen LogP contribution is 2.32. The molecule has 0 radical (unpaired) electrons. The second-order valence-electron chi connectivity index (χ2n) is 5.96. The van der Waals surface area contributed by atoms with E-state index in [0.29, 0.717) is 29.6 Å². The van der Waals surface area contributed by atoms with Gasteiger partial charge in [-0.1, -0.05) is 0 Å². The Balaban J connectivity index is 2.17. The molecule has 0 aromatic heterocycles. The highest BCUT2D eigenvalue weighted by Gasteiger charge is 2.30. The first-order valence-electron chi connectivity index (χ1n) is 7.39. The molecular weight excluding hydrogens is 289 g/mol. The Bertz CT molecular complexity index is 529. The van der Waals surface area contributed by atoms with Crippen LogP contribution in [0.1, 0.15) is 25.3 Å². The van der Waals surface area contributed by atoms with Crippen molar-refractivity contribution in [2.24, 2.45) is 11.7 Å². The fourth-order valence-corrected chi connectivity index (χ4v) is 2.04. The SMILES string of the molecule is CC(N)(Cc1cc(OCCF)ccc1OCC1CC1)C(=O)O. The third kappa shape index (κ3) is 4.59. The van der Waals surface area contributed by atoms with Gasteiger partial charge in [0.1, 0.15) is 30.3 Å². The van der Waals surface area contributed by atoms with Crippen molar-refractivity contribution in [3.05, 3.63) is 23.8 Å². The molecule has 0 bridgehead atoms. The molecule has 1 aromatic rings. The lowest BCUT2D eigenvalue weighted by Gasteiger charge is -2.21. The van der Waals surface area contributed by atoms with Crippen molar-refractivity contribution in [3.63, 3.8) is 0 Å². The Morgan fingerprint density at radius 3 is 2.77 bits per heavy atom. The van der Waals surface area contributed by atoms with Gasteiger partial charge >= 0.3 is 5.97 Å². The van der Waals surface area contributed by atoms with Crippen LogP contribution in [0.4, 0.5) is 4.39 Å². The summed E-state index contributed by atoms with van der Waals surface area (Å²) in [5.41, 5.74) is 5.07. The molecule has 122 valence electrons. The number of hydrogen-bond donors (Lipinski definition) is 2. The van der Waals surface area contributed by atoms with Crippen LogP contribution in [0.15, 0.2) is 18.2 Å². The van der Waals surface area contributed by atoms with Crippen molar-refractivity contribution in [1.29, 1.82) is 0 Å². The van der Waals surface area contributed by atoms with Crippen molar-refractivity contribution in [2.75, 3.05) is 19.9 Å². The van der Waals surface area contributed by atoms with E-state index in [9.17, 15) is 14.3 Å². The van der Waals surface area contributed by atoms with Gasteiger partial charge in [0.15, 0.2) is 0 Å². The van der Waals surface area contributed by atoms with Crippen LogP contribution in [0.2, 0.25) is 0 Å². The van der Waals surface area contributed by atoms with Gasteiger partial charge in [-0.15, -0.1) is 0 Å². The Morgan fingerprint density at radius 1 is 1.45 bits per heavy atom. The van der Waals surface area contributed by atoms with Crippen LogP contribution in [-0.4, -0.2) is 36.5 Å². The number of benzene rings is 1. The molecule has 1 atom stereocenters. The summed E-state index contributed by atoms with van der Waals surface area (Å²) in [5.74, 6) is 0.583. The number of rotatable bonds is 9. The van der Waals surface area contributed by atoms with Gasteiger partial charge in [0, 0.05) is 12.0 Å². The van der Waals surface area contributed by atoms with Gasteiger partial charge in [0.2, 0.25) is 0 Å². The number of halogens is 1. The number of aliphatic carboxylic acids is 1. The van der Waals surface area contributed by atoms with E-state index < -0.39 is 18.2 Å². The Morgan fingerprint density at radius 2 is 2.18 bits per heavy atom. The van der Waals surface area contributed by atoms with Crippen LogP contribution in [0.5, 0.6) is 11.5 Å². The number of carbonyl (C=O) groups is 1. The van der Waals surface area contributed by atoms with Gasteiger partial charge in [-0.25, -0.2) is 4.39 Å². The van der Waals surface area contributed by atoms with E-state index >= 15 is 0 Å². The lowest BCUT2D eigenvalue weighted by Crippen LogP contribution is -2.46. The van der Waals surface area contributed by atoms with Crippen molar-refractivity contribution in [1.82, 2.24) is 0 Å². The minimum absolute atomic E-state index is 0.0411. The zero-order chi connectivity index (χ0) is 16.2. The number of carboxylic acids is 1. The fraction of sp³-hybridized carbons (Fsp3) is 0.562. The zero-order valence-corrected chi connectivity index (χ0v) is 12.7. The summed E-state index contributed by atoms with van der Waals surface area (Å²) in [6.45, 7) is 1.45. The summed E-state index contributed by atoms with van der Waals surface area (Å²) in [7, 11) is 0. The largest absolute Gasteiger partial charge is 0.493 e. The molecule has 0 heterocycles. The molecular formula is C16H22FNO4. The van der Waals surface area contributed by atoms with Gasteiger partial charge in [-0.3, -0.25) is 4.79 Å². The molecule has 6 heteroatoms. The minimum atomic E-state index is -1.41. The Hall–Kier alpha value is -1.82. The van der Waals surface area contributed by atoms with Crippen molar-refractivity contribution < 1.29 is 23.8 Å². The number of alkyl halides is 1. The van der Waals surface area contributed by atoms with Gasteiger partial charge in [-0.2, -0.15) is 0 Å². The molecule has 1 fully saturated rings. The molecule has 0 aliphatic heterocycles. The summed E-state index contributed by atoms with van der Waals surface area (Å²) in [5, 5.41) is 9.19. The van der Waals surface area contributed by atoms with Gasteiger partial charge in [0.25, 0.3) is 0 Å². The highest BCUT2D eigenvalue weighted by atomic mass is 19.1. The highest BCUT2D eigenvalue weighted by molar-refractivity contribution is 5.78. The van der Waals surface area contributed by atoms with E-state index in [-0.39, 0.29) is 13.0 Å². The summed E-state index contributed by atoms with van der Waals surface area (Å²) in [4.78, 5) is 11.2. The van der Waals surface area contributed by atoms with Crippen LogP contribution in [0.3, 0.4) is 0 Å². The number of carboxylic acid groups (broad SMARTS) is 1. The Labute approximate surface area is 129 Å². The van der Waals surface area contributed by atoms with Crippen molar-refractivity contribution in [2.45, 2.75) is 31.7 Å². The lowest BCUT2D eigenvalue weighted by atomic mass is 9.93. The van der Waals surface area contributed by atoms with Crippen molar-refractivity contribution in [3.8, 4) is 11.5 Å². The smallest absolute Gasteiger partial charge is 0.323 e. The maximum Gasteiger partial charge on any atom is 0.323 e. The van der Waals surface area contributed by atoms with Crippen molar-refractivity contribution >= 4 is 5.97 Å². The molecule has 1 aliphatic rings. The molecule has 0 spiro atoms. The average molecular weight is 311 g/mol. The third-order valence-corrected chi connectivity index (χ3v) is 3.60. The third-order valence-electron chi connectivity index (χ3n) is 3.60. The summed E-state index contributed by atoms with van der Waals surface area (Å²) < 4.78 is 23.2. The predicted molar refractivity (Wildman–Crippen MR) is 80.1 cm³/mol. The predicted octanol–water partition coefficient (Wildman–Crippen LogP) is 2.17. The number of ether oxygens (including phenoxy) is 2. The lowest BCUT2D eigenvalue weighted by molar-refractivity contribution is -0.142. The molecule has 22 heavy (non-hydrogen) atoms. The maximum absolute atomic E-state index is 12.2. The van der Waals surface area contributed by atoms with Gasteiger partial charge in [0.05, 0.1) is 6.61 Å². The van der Waals surface area contributed by atoms with Crippen LogP contribution in [0, 0.1) is 5.92 Å². The minimum Gasteiger partial charge on any atom is -0.493 e. The van der Waals surface area contributed by atoms with E-state index in [0.717, 1.165) is 12.8 Å².